The molecule has 1 nitrogen and oxygen atoms in total. The fourth-order valence-electron chi connectivity index (χ4n) is 2.97. The first-order chi connectivity index (χ1) is 9.58. The average Bonchev–Trinajstić information content (AvgIpc) is 2.98. The van der Waals surface area contributed by atoms with Gasteiger partial charge in [0, 0.05) is 28.7 Å². The zero-order chi connectivity index (χ0) is 14.3. The smallest absolute Gasteiger partial charge is 0.0513 e. The van der Waals surface area contributed by atoms with Crippen LogP contribution in [0.25, 0.3) is 10.4 Å². The number of hydrogen-bond donors (Lipinski definition) is 0. The largest absolute Gasteiger partial charge is 0.369 e. The second-order valence-electron chi connectivity index (χ2n) is 5.80. The van der Waals surface area contributed by atoms with Crippen LogP contribution in [0.5, 0.6) is 0 Å². The molecule has 106 valence electrons. The predicted octanol–water partition coefficient (Wildman–Crippen LogP) is 5.61. The van der Waals surface area contributed by atoms with E-state index in [9.17, 15) is 0 Å². The first-order valence-corrected chi connectivity index (χ1v) is 8.44. The second kappa shape index (κ2) is 5.42. The number of thiophene rings is 1. The molecule has 0 saturated carbocycles. The summed E-state index contributed by atoms with van der Waals surface area (Å²) in [7, 11) is 0. The van der Waals surface area contributed by atoms with Crippen LogP contribution in [0.1, 0.15) is 25.8 Å². The van der Waals surface area contributed by atoms with Gasteiger partial charge < -0.3 is 4.90 Å². The van der Waals surface area contributed by atoms with E-state index in [0.717, 1.165) is 23.0 Å². The van der Waals surface area contributed by atoms with Crippen LogP contribution in [-0.2, 0) is 0 Å². The molecule has 1 saturated heterocycles. The molecule has 2 aromatic rings. The van der Waals surface area contributed by atoms with Crippen molar-refractivity contribution in [2.75, 3.05) is 11.4 Å². The summed E-state index contributed by atoms with van der Waals surface area (Å²) in [6.45, 7) is 7.91. The number of halogens is 1. The van der Waals surface area contributed by atoms with E-state index < -0.39 is 0 Å². The monoisotopic (exact) mass is 305 g/mol. The molecule has 2 heterocycles. The fourth-order valence-corrected chi connectivity index (χ4v) is 4.27. The van der Waals surface area contributed by atoms with E-state index in [-0.39, 0.29) is 0 Å². The van der Waals surface area contributed by atoms with Crippen LogP contribution < -0.4 is 4.90 Å². The number of nitrogens with zero attached hydrogens (tertiary/aromatic N) is 1. The zero-order valence-corrected chi connectivity index (χ0v) is 13.8. The van der Waals surface area contributed by atoms with Gasteiger partial charge in [0.1, 0.15) is 0 Å². The van der Waals surface area contributed by atoms with Crippen LogP contribution in [0.15, 0.2) is 29.6 Å². The van der Waals surface area contributed by atoms with E-state index in [1.165, 1.54) is 22.5 Å². The molecule has 1 unspecified atom stereocenters. The molecule has 1 aliphatic rings. The maximum absolute atomic E-state index is 6.54. The highest BCUT2D eigenvalue weighted by Crippen LogP contribution is 2.38. The van der Waals surface area contributed by atoms with E-state index in [1.54, 1.807) is 11.3 Å². The van der Waals surface area contributed by atoms with Crippen molar-refractivity contribution in [3.05, 3.63) is 40.2 Å². The third-order valence-corrected chi connectivity index (χ3v) is 5.89. The Labute approximate surface area is 130 Å². The molecule has 3 heteroatoms. The molecule has 0 bridgehead atoms. The third-order valence-electron chi connectivity index (χ3n) is 4.53. The number of benzene rings is 1. The van der Waals surface area contributed by atoms with Crippen LogP contribution in [-0.4, -0.2) is 12.6 Å². The Bertz CT molecular complexity index is 619. The lowest BCUT2D eigenvalue weighted by Crippen LogP contribution is -2.28. The quantitative estimate of drug-likeness (QED) is 0.697. The topological polar surface area (TPSA) is 3.24 Å². The first-order valence-electron chi connectivity index (χ1n) is 7.18. The molecule has 0 N–H and O–H groups in total. The van der Waals surface area contributed by atoms with Crippen molar-refractivity contribution in [1.29, 1.82) is 0 Å². The second-order valence-corrected chi connectivity index (χ2v) is 7.12. The van der Waals surface area contributed by atoms with Gasteiger partial charge in [0.2, 0.25) is 0 Å². The molecule has 0 spiro atoms. The number of rotatable bonds is 2. The van der Waals surface area contributed by atoms with Gasteiger partial charge in [-0.15, -0.1) is 11.3 Å². The summed E-state index contributed by atoms with van der Waals surface area (Å²) in [5.74, 6) is 0.757. The molecule has 0 aliphatic carbocycles. The van der Waals surface area contributed by atoms with Crippen LogP contribution in [0.4, 0.5) is 5.69 Å². The van der Waals surface area contributed by atoms with E-state index in [2.05, 4.69) is 55.3 Å². The third kappa shape index (κ3) is 2.36. The Morgan fingerprint density at radius 1 is 1.25 bits per heavy atom. The van der Waals surface area contributed by atoms with Gasteiger partial charge in [-0.05, 0) is 61.4 Å². The van der Waals surface area contributed by atoms with Gasteiger partial charge in [-0.3, -0.25) is 0 Å². The van der Waals surface area contributed by atoms with Crippen LogP contribution >= 0.6 is 22.9 Å². The van der Waals surface area contributed by atoms with Crippen molar-refractivity contribution in [3.8, 4) is 10.4 Å². The Hall–Kier alpha value is -0.990. The summed E-state index contributed by atoms with van der Waals surface area (Å²) in [5.41, 5.74) is 3.71. The molecule has 1 aliphatic heterocycles. The normalized spacial score (nSPS) is 22.5. The molecular formula is C17H20ClNS. The molecule has 1 fully saturated rings. The Morgan fingerprint density at radius 2 is 2.05 bits per heavy atom. The molecular weight excluding hydrogens is 286 g/mol. The maximum atomic E-state index is 6.54. The van der Waals surface area contributed by atoms with E-state index >= 15 is 0 Å². The fraction of sp³-hybridized carbons (Fsp3) is 0.412. The average molecular weight is 306 g/mol. The summed E-state index contributed by atoms with van der Waals surface area (Å²) >= 11 is 8.29. The number of hydrogen-bond acceptors (Lipinski definition) is 2. The van der Waals surface area contributed by atoms with E-state index in [1.807, 2.05) is 0 Å². The Balaban J connectivity index is 1.94. The van der Waals surface area contributed by atoms with Crippen molar-refractivity contribution < 1.29 is 0 Å². The highest BCUT2D eigenvalue weighted by atomic mass is 35.5. The SMILES string of the molecule is Cc1ccsc1-c1ccc(N2CCC(C)[C@@H]2C)cc1Cl. The molecule has 3 rings (SSSR count). The summed E-state index contributed by atoms with van der Waals surface area (Å²) in [4.78, 5) is 3.76. The zero-order valence-electron chi connectivity index (χ0n) is 12.2. The van der Waals surface area contributed by atoms with Crippen LogP contribution in [0.3, 0.4) is 0 Å². The summed E-state index contributed by atoms with van der Waals surface area (Å²) in [5, 5.41) is 2.99. The minimum atomic E-state index is 0.598. The van der Waals surface area contributed by atoms with Gasteiger partial charge in [-0.1, -0.05) is 18.5 Å². The van der Waals surface area contributed by atoms with E-state index in [0.29, 0.717) is 6.04 Å². The van der Waals surface area contributed by atoms with Gasteiger partial charge in [-0.25, -0.2) is 0 Å². The molecule has 1 aromatic carbocycles. The summed E-state index contributed by atoms with van der Waals surface area (Å²) in [6, 6.07) is 9.26. The predicted molar refractivity (Wildman–Crippen MR) is 90.1 cm³/mol. The molecule has 0 radical (unpaired) electrons. The van der Waals surface area contributed by atoms with Gasteiger partial charge in [0.25, 0.3) is 0 Å². The standard InChI is InChI=1S/C17H20ClNS/c1-11-6-8-19(13(11)3)14-4-5-15(16(18)10-14)17-12(2)7-9-20-17/h4-5,7,9-11,13H,6,8H2,1-3H3/t11?,13-/m0/s1. The van der Waals surface area contributed by atoms with Crippen molar-refractivity contribution in [3.63, 3.8) is 0 Å². The van der Waals surface area contributed by atoms with Crippen molar-refractivity contribution in [1.82, 2.24) is 0 Å². The lowest BCUT2D eigenvalue weighted by atomic mass is 10.0. The minimum absolute atomic E-state index is 0.598. The van der Waals surface area contributed by atoms with Crippen LogP contribution in [0, 0.1) is 12.8 Å². The van der Waals surface area contributed by atoms with Crippen LogP contribution in [0.2, 0.25) is 5.02 Å². The van der Waals surface area contributed by atoms with Crippen molar-refractivity contribution in [2.45, 2.75) is 33.2 Å². The van der Waals surface area contributed by atoms with Crippen molar-refractivity contribution in [2.24, 2.45) is 5.92 Å². The van der Waals surface area contributed by atoms with Gasteiger partial charge >= 0.3 is 0 Å². The maximum Gasteiger partial charge on any atom is 0.0513 e. The highest BCUT2D eigenvalue weighted by Gasteiger charge is 2.27. The first kappa shape index (κ1) is 14.0. The highest BCUT2D eigenvalue weighted by molar-refractivity contribution is 7.13. The number of anilines is 1. The van der Waals surface area contributed by atoms with Gasteiger partial charge in [0.05, 0.1) is 5.02 Å². The molecule has 2 atom stereocenters. The summed E-state index contributed by atoms with van der Waals surface area (Å²) in [6.07, 6.45) is 1.27. The summed E-state index contributed by atoms with van der Waals surface area (Å²) < 4.78 is 0. The lowest BCUT2D eigenvalue weighted by molar-refractivity contribution is 0.546. The van der Waals surface area contributed by atoms with Gasteiger partial charge in [0.15, 0.2) is 0 Å². The van der Waals surface area contributed by atoms with E-state index in [4.69, 9.17) is 11.6 Å². The molecule has 20 heavy (non-hydrogen) atoms. The van der Waals surface area contributed by atoms with Crippen molar-refractivity contribution >= 4 is 28.6 Å². The molecule has 0 amide bonds. The Kier molecular flexibility index (Phi) is 3.78. The van der Waals surface area contributed by atoms with Gasteiger partial charge in [-0.2, -0.15) is 0 Å². The Morgan fingerprint density at radius 3 is 2.60 bits per heavy atom. The minimum Gasteiger partial charge on any atom is -0.369 e. The number of aryl methyl sites for hydroxylation is 1. The lowest BCUT2D eigenvalue weighted by Gasteiger charge is -2.26. The molecule has 1 aromatic heterocycles.